The van der Waals surface area contributed by atoms with Crippen LogP contribution in [-0.4, -0.2) is 45.7 Å². The molecule has 218 valence electrons. The molecule has 10 heteroatoms. The molecule has 2 aliphatic carbocycles. The molecule has 43 heavy (non-hydrogen) atoms. The van der Waals surface area contributed by atoms with Crippen LogP contribution < -0.4 is 5.43 Å². The third-order valence-corrected chi connectivity index (χ3v) is 9.93. The molecule has 0 radical (unpaired) electrons. The molecule has 2 aliphatic heterocycles. The number of allylic oxidation sites excluding steroid dienone is 2. The summed E-state index contributed by atoms with van der Waals surface area (Å²) in [5.74, 6) is -5.42. The number of likely N-dealkylation sites (tertiary alicyclic amines) is 1. The molecule has 0 bridgehead atoms. The topological polar surface area (TPSA) is 107 Å². The summed E-state index contributed by atoms with van der Waals surface area (Å²) in [4.78, 5) is 57.0. The van der Waals surface area contributed by atoms with Crippen molar-refractivity contribution in [2.45, 2.75) is 24.2 Å². The van der Waals surface area contributed by atoms with Crippen LogP contribution in [0.15, 0.2) is 84.4 Å². The fraction of sp³-hybridized carbons (Fsp3) is 0.273. The van der Waals surface area contributed by atoms with Gasteiger partial charge in [0.05, 0.1) is 28.9 Å². The van der Waals surface area contributed by atoms with E-state index < -0.39 is 52.6 Å². The highest BCUT2D eigenvalue weighted by Crippen LogP contribution is 2.64. The maximum Gasteiger partial charge on any atom is 0.260 e. The number of carbonyl (C=O) groups excluding carboxylic acids is 4. The Morgan fingerprint density at radius 3 is 2.35 bits per heavy atom. The van der Waals surface area contributed by atoms with Crippen molar-refractivity contribution in [3.05, 3.63) is 106 Å². The van der Waals surface area contributed by atoms with E-state index in [1.165, 1.54) is 42.3 Å². The number of benzene rings is 3. The van der Waals surface area contributed by atoms with Crippen molar-refractivity contribution in [1.82, 2.24) is 9.91 Å². The molecule has 1 saturated carbocycles. The average molecular weight is 600 g/mol. The molecule has 7 rings (SSSR count). The van der Waals surface area contributed by atoms with Crippen molar-refractivity contribution >= 4 is 40.9 Å². The first kappa shape index (κ1) is 27.3. The number of anilines is 1. The molecule has 6 atom stereocenters. The monoisotopic (exact) mass is 599 g/mol. The summed E-state index contributed by atoms with van der Waals surface area (Å²) < 4.78 is 13.7. The number of hydrazine groups is 1. The van der Waals surface area contributed by atoms with Gasteiger partial charge in [-0.2, -0.15) is 5.01 Å². The fourth-order valence-electron chi connectivity index (χ4n) is 7.89. The molecule has 0 aromatic heterocycles. The van der Waals surface area contributed by atoms with E-state index in [0.29, 0.717) is 28.3 Å². The molecule has 4 aliphatic rings. The Bertz CT molecular complexity index is 1720. The maximum atomic E-state index is 14.9. The second kappa shape index (κ2) is 9.77. The molecule has 3 aromatic carbocycles. The van der Waals surface area contributed by atoms with Gasteiger partial charge in [0, 0.05) is 18.0 Å². The van der Waals surface area contributed by atoms with Gasteiger partial charge in [0.1, 0.15) is 11.6 Å². The van der Waals surface area contributed by atoms with Crippen LogP contribution in [-0.2, 0) is 24.6 Å². The Balaban J connectivity index is 1.47. The number of fused-ring (bicyclic) bond motifs is 4. The largest absolute Gasteiger partial charge is 0.508 e. The SMILES string of the molecule is CN1C(=O)C2CC=C3C(CC4C(=O)N(Nc5ccc(F)cc5)C(=O)C4(c4ccc(Cl)cc4)C3c3cccc(O)c3)C2C1=O. The van der Waals surface area contributed by atoms with E-state index in [4.69, 9.17) is 11.6 Å². The first-order valence-corrected chi connectivity index (χ1v) is 14.5. The predicted octanol–water partition coefficient (Wildman–Crippen LogP) is 4.80. The van der Waals surface area contributed by atoms with Gasteiger partial charge >= 0.3 is 0 Å². The van der Waals surface area contributed by atoms with E-state index in [0.717, 1.165) is 10.6 Å². The molecule has 2 N–H and O–H groups in total. The highest BCUT2D eigenvalue weighted by atomic mass is 35.5. The van der Waals surface area contributed by atoms with Gasteiger partial charge in [0.15, 0.2) is 0 Å². The van der Waals surface area contributed by atoms with Crippen molar-refractivity contribution < 1.29 is 28.7 Å². The predicted molar refractivity (Wildman–Crippen MR) is 155 cm³/mol. The number of halogens is 2. The zero-order valence-electron chi connectivity index (χ0n) is 23.0. The molecular weight excluding hydrogens is 573 g/mol. The Kier molecular flexibility index (Phi) is 6.21. The van der Waals surface area contributed by atoms with E-state index in [2.05, 4.69) is 5.43 Å². The Morgan fingerprint density at radius 2 is 1.65 bits per heavy atom. The first-order valence-electron chi connectivity index (χ1n) is 14.1. The molecule has 4 amide bonds. The van der Waals surface area contributed by atoms with Crippen LogP contribution in [0, 0.1) is 29.5 Å². The third-order valence-electron chi connectivity index (χ3n) is 9.68. The summed E-state index contributed by atoms with van der Waals surface area (Å²) in [5, 5.41) is 12.0. The molecule has 2 saturated heterocycles. The molecule has 3 fully saturated rings. The minimum absolute atomic E-state index is 0.0124. The molecule has 0 spiro atoms. The summed E-state index contributed by atoms with van der Waals surface area (Å²) in [6, 6.07) is 18.7. The van der Waals surface area contributed by atoms with E-state index in [1.807, 2.05) is 6.08 Å². The zero-order chi connectivity index (χ0) is 30.2. The van der Waals surface area contributed by atoms with Crippen molar-refractivity contribution in [2.24, 2.45) is 23.7 Å². The summed E-state index contributed by atoms with van der Waals surface area (Å²) in [6.07, 6.45) is 2.43. The minimum Gasteiger partial charge on any atom is -0.508 e. The number of nitrogens with zero attached hydrogens (tertiary/aromatic N) is 2. The van der Waals surface area contributed by atoms with Crippen LogP contribution >= 0.6 is 11.6 Å². The third kappa shape index (κ3) is 3.87. The highest BCUT2D eigenvalue weighted by molar-refractivity contribution is 6.30. The number of carbonyl (C=O) groups is 4. The molecule has 8 nitrogen and oxygen atoms in total. The van der Waals surface area contributed by atoms with E-state index >= 15 is 0 Å². The number of nitrogens with one attached hydrogen (secondary N) is 1. The fourth-order valence-corrected chi connectivity index (χ4v) is 8.02. The van der Waals surface area contributed by atoms with Gasteiger partial charge in [-0.1, -0.05) is 47.5 Å². The lowest BCUT2D eigenvalue weighted by Crippen LogP contribution is -2.53. The first-order chi connectivity index (χ1) is 20.6. The molecule has 2 heterocycles. The van der Waals surface area contributed by atoms with Gasteiger partial charge in [0.2, 0.25) is 11.8 Å². The smallest absolute Gasteiger partial charge is 0.260 e. The summed E-state index contributed by atoms with van der Waals surface area (Å²) in [5.41, 5.74) is 3.73. The van der Waals surface area contributed by atoms with Crippen LogP contribution in [0.4, 0.5) is 10.1 Å². The van der Waals surface area contributed by atoms with Gasteiger partial charge in [-0.3, -0.25) is 29.5 Å². The Morgan fingerprint density at radius 1 is 0.930 bits per heavy atom. The Hall–Kier alpha value is -4.50. The number of aromatic hydroxyl groups is 1. The number of hydrogen-bond donors (Lipinski definition) is 2. The lowest BCUT2D eigenvalue weighted by Gasteiger charge is -2.50. The van der Waals surface area contributed by atoms with Crippen LogP contribution in [0.5, 0.6) is 5.75 Å². The molecule has 3 aromatic rings. The number of rotatable bonds is 4. The second-order valence-electron chi connectivity index (χ2n) is 11.7. The summed E-state index contributed by atoms with van der Waals surface area (Å²) in [7, 11) is 1.48. The van der Waals surface area contributed by atoms with Gasteiger partial charge in [-0.15, -0.1) is 0 Å². The quantitative estimate of drug-likeness (QED) is 0.330. The van der Waals surface area contributed by atoms with E-state index in [9.17, 15) is 28.7 Å². The van der Waals surface area contributed by atoms with Crippen LogP contribution in [0.2, 0.25) is 5.02 Å². The zero-order valence-corrected chi connectivity index (χ0v) is 23.8. The maximum absolute atomic E-state index is 14.9. The van der Waals surface area contributed by atoms with Gasteiger partial charge in [-0.25, -0.2) is 4.39 Å². The number of amides is 4. The van der Waals surface area contributed by atoms with E-state index in [-0.39, 0.29) is 24.0 Å². The van der Waals surface area contributed by atoms with E-state index in [1.54, 1.807) is 42.5 Å². The molecule has 6 unspecified atom stereocenters. The second-order valence-corrected chi connectivity index (χ2v) is 12.1. The van der Waals surface area contributed by atoms with Crippen molar-refractivity contribution in [1.29, 1.82) is 0 Å². The minimum atomic E-state index is -1.48. The van der Waals surface area contributed by atoms with Crippen LogP contribution in [0.25, 0.3) is 0 Å². The number of imide groups is 2. The van der Waals surface area contributed by atoms with Crippen LogP contribution in [0.3, 0.4) is 0 Å². The lowest BCUT2D eigenvalue weighted by molar-refractivity contribution is -0.140. The normalized spacial score (nSPS) is 29.7. The Labute approximate surface area is 251 Å². The summed E-state index contributed by atoms with van der Waals surface area (Å²) >= 11 is 6.27. The average Bonchev–Trinajstić information content (AvgIpc) is 3.35. The van der Waals surface area contributed by atoms with Crippen molar-refractivity contribution in [3.8, 4) is 5.75 Å². The van der Waals surface area contributed by atoms with Crippen molar-refractivity contribution in [3.63, 3.8) is 0 Å². The molecular formula is C33H27ClFN3O5. The van der Waals surface area contributed by atoms with Gasteiger partial charge in [0.25, 0.3) is 11.8 Å². The standard InChI is InChI=1S/C33H27ClFN3O5/c1-37-29(40)24-14-13-23-25(27(24)31(37)42)16-26-30(41)38(36-21-11-9-20(35)10-12-21)32(43)33(26,18-5-7-19(34)8-6-18)28(23)17-3-2-4-22(39)15-17/h2-13,15,24-28,36,39H,14,16H2,1H3. The van der Waals surface area contributed by atoms with Crippen LogP contribution in [0.1, 0.15) is 29.9 Å². The lowest BCUT2D eigenvalue weighted by atomic mass is 9.49. The van der Waals surface area contributed by atoms with Gasteiger partial charge in [-0.05, 0) is 78.4 Å². The number of phenols is 1. The van der Waals surface area contributed by atoms with Crippen molar-refractivity contribution in [2.75, 3.05) is 12.5 Å². The number of phenolic OH excluding ortho intramolecular Hbond substituents is 1. The number of hydrogen-bond acceptors (Lipinski definition) is 6. The van der Waals surface area contributed by atoms with Gasteiger partial charge < -0.3 is 5.11 Å². The summed E-state index contributed by atoms with van der Waals surface area (Å²) in [6.45, 7) is 0. The highest BCUT2D eigenvalue weighted by Gasteiger charge is 2.70.